The maximum atomic E-state index is 12.4. The van der Waals surface area contributed by atoms with Crippen LogP contribution in [0.1, 0.15) is 27.7 Å². The number of carbonyl (C=O) groups excluding carboxylic acids is 1. The number of hydrogen-bond acceptors (Lipinski definition) is 4. The Labute approximate surface area is 120 Å². The molecule has 6 heteroatoms. The van der Waals surface area contributed by atoms with Crippen LogP contribution >= 0.6 is 7.52 Å². The molecule has 0 radical (unpaired) electrons. The van der Waals surface area contributed by atoms with Crippen molar-refractivity contribution in [1.82, 2.24) is 5.09 Å². The lowest BCUT2D eigenvalue weighted by Gasteiger charge is -2.28. The third kappa shape index (κ3) is 5.35. The fourth-order valence-electron chi connectivity index (χ4n) is 1.62. The van der Waals surface area contributed by atoms with Crippen molar-refractivity contribution in [2.75, 3.05) is 6.66 Å². The first kappa shape index (κ1) is 16.7. The fourth-order valence-corrected chi connectivity index (χ4v) is 3.30. The molecule has 1 N–H and O–H groups in total. The zero-order valence-corrected chi connectivity index (χ0v) is 13.4. The summed E-state index contributed by atoms with van der Waals surface area (Å²) in [7, 11) is -3.18. The van der Waals surface area contributed by atoms with Gasteiger partial charge in [0.2, 0.25) is 0 Å². The standard InChI is InChI=1S/C14H22NO4P/c1-11(2)18-13(16)14(3,4)15-20(5,17)19-12-9-7-6-8-10-12/h6-11H,1-5H3,(H,15,17). The van der Waals surface area contributed by atoms with Gasteiger partial charge in [-0.3, -0.25) is 9.36 Å². The Bertz CT molecular complexity index is 499. The molecule has 1 atom stereocenters. The van der Waals surface area contributed by atoms with Crippen molar-refractivity contribution >= 4 is 13.5 Å². The lowest BCUT2D eigenvalue weighted by atomic mass is 10.1. The van der Waals surface area contributed by atoms with E-state index in [-0.39, 0.29) is 6.10 Å². The fraction of sp³-hybridized carbons (Fsp3) is 0.500. The number of carbonyl (C=O) groups is 1. The molecule has 1 unspecified atom stereocenters. The summed E-state index contributed by atoms with van der Waals surface area (Å²) in [4.78, 5) is 11.9. The second kappa shape index (κ2) is 6.42. The Morgan fingerprint density at radius 2 is 1.80 bits per heavy atom. The Morgan fingerprint density at radius 3 is 2.30 bits per heavy atom. The number of para-hydroxylation sites is 1. The summed E-state index contributed by atoms with van der Waals surface area (Å²) >= 11 is 0. The van der Waals surface area contributed by atoms with Crippen molar-refractivity contribution in [3.8, 4) is 5.75 Å². The van der Waals surface area contributed by atoms with E-state index < -0.39 is 19.0 Å². The molecule has 0 bridgehead atoms. The van der Waals surface area contributed by atoms with E-state index in [0.29, 0.717) is 5.75 Å². The average Bonchev–Trinajstić information content (AvgIpc) is 2.26. The molecule has 5 nitrogen and oxygen atoms in total. The summed E-state index contributed by atoms with van der Waals surface area (Å²) in [5.41, 5.74) is -1.09. The summed E-state index contributed by atoms with van der Waals surface area (Å²) in [5.74, 6) is 0.0186. The van der Waals surface area contributed by atoms with E-state index >= 15 is 0 Å². The van der Waals surface area contributed by atoms with Gasteiger partial charge in [0.15, 0.2) is 0 Å². The van der Waals surface area contributed by atoms with Gasteiger partial charge >= 0.3 is 13.5 Å². The quantitative estimate of drug-likeness (QED) is 0.645. The topological polar surface area (TPSA) is 64.6 Å². The maximum absolute atomic E-state index is 12.4. The Hall–Kier alpha value is -1.32. The van der Waals surface area contributed by atoms with Gasteiger partial charge in [-0.05, 0) is 39.8 Å². The molecule has 0 fully saturated rings. The third-order valence-corrected chi connectivity index (χ3v) is 3.88. The van der Waals surface area contributed by atoms with Crippen LogP contribution in [0.4, 0.5) is 0 Å². The monoisotopic (exact) mass is 299 g/mol. The van der Waals surface area contributed by atoms with Crippen LogP contribution in [0, 0.1) is 0 Å². The van der Waals surface area contributed by atoms with Crippen LogP contribution < -0.4 is 9.61 Å². The van der Waals surface area contributed by atoms with E-state index in [1.807, 2.05) is 6.07 Å². The highest BCUT2D eigenvalue weighted by Crippen LogP contribution is 2.41. The minimum atomic E-state index is -3.18. The largest absolute Gasteiger partial charge is 0.462 e. The molecule has 0 amide bonds. The number of ether oxygens (including phenoxy) is 1. The predicted octanol–water partition coefficient (Wildman–Crippen LogP) is 3.21. The first-order valence-electron chi connectivity index (χ1n) is 6.45. The predicted molar refractivity (Wildman–Crippen MR) is 79.0 cm³/mol. The van der Waals surface area contributed by atoms with Gasteiger partial charge in [0.05, 0.1) is 6.10 Å². The van der Waals surface area contributed by atoms with E-state index in [9.17, 15) is 9.36 Å². The molecule has 0 aromatic heterocycles. The van der Waals surface area contributed by atoms with Crippen molar-refractivity contribution in [2.45, 2.75) is 39.3 Å². The van der Waals surface area contributed by atoms with E-state index in [2.05, 4.69) is 5.09 Å². The van der Waals surface area contributed by atoms with Gasteiger partial charge in [-0.25, -0.2) is 5.09 Å². The second-order valence-electron chi connectivity index (χ2n) is 5.44. The Morgan fingerprint density at radius 1 is 1.25 bits per heavy atom. The minimum Gasteiger partial charge on any atom is -0.462 e. The van der Waals surface area contributed by atoms with Crippen LogP contribution in [0.2, 0.25) is 0 Å². The smallest absolute Gasteiger partial charge is 0.326 e. The van der Waals surface area contributed by atoms with Crippen molar-refractivity contribution in [1.29, 1.82) is 0 Å². The highest BCUT2D eigenvalue weighted by Gasteiger charge is 2.36. The molecule has 0 spiro atoms. The molecule has 0 saturated carbocycles. The van der Waals surface area contributed by atoms with E-state index in [1.54, 1.807) is 52.0 Å². The molecule has 1 rings (SSSR count). The summed E-state index contributed by atoms with van der Waals surface area (Å²) < 4.78 is 23.0. The number of benzene rings is 1. The van der Waals surface area contributed by atoms with Crippen LogP contribution in [0.25, 0.3) is 0 Å². The molecule has 0 aliphatic heterocycles. The van der Waals surface area contributed by atoms with Gasteiger partial charge in [0, 0.05) is 6.66 Å². The van der Waals surface area contributed by atoms with Crippen LogP contribution in [-0.2, 0) is 14.1 Å². The normalized spacial score (nSPS) is 14.7. The van der Waals surface area contributed by atoms with E-state index in [1.165, 1.54) is 6.66 Å². The molecular formula is C14H22NO4P. The maximum Gasteiger partial charge on any atom is 0.326 e. The van der Waals surface area contributed by atoms with Crippen LogP contribution in [0.5, 0.6) is 5.75 Å². The van der Waals surface area contributed by atoms with Gasteiger partial charge in [0.25, 0.3) is 0 Å². The lowest BCUT2D eigenvalue weighted by Crippen LogP contribution is -2.47. The Kier molecular flexibility index (Phi) is 5.37. The SMILES string of the molecule is CC(C)OC(=O)C(C)(C)NP(C)(=O)Oc1ccccc1. The van der Waals surface area contributed by atoms with Gasteiger partial charge < -0.3 is 9.26 Å². The first-order chi connectivity index (χ1) is 9.12. The van der Waals surface area contributed by atoms with Gasteiger partial charge in [-0.2, -0.15) is 0 Å². The lowest BCUT2D eigenvalue weighted by molar-refractivity contribution is -0.153. The highest BCUT2D eigenvalue weighted by atomic mass is 31.2. The van der Waals surface area contributed by atoms with Crippen molar-refractivity contribution in [3.63, 3.8) is 0 Å². The molecule has 20 heavy (non-hydrogen) atoms. The molecule has 112 valence electrons. The zero-order chi connectivity index (χ0) is 15.4. The second-order valence-corrected chi connectivity index (χ2v) is 7.54. The van der Waals surface area contributed by atoms with Crippen LogP contribution in [-0.4, -0.2) is 24.3 Å². The number of rotatable bonds is 6. The number of esters is 1. The summed E-state index contributed by atoms with van der Waals surface area (Å²) in [6.45, 7) is 8.19. The van der Waals surface area contributed by atoms with E-state index in [4.69, 9.17) is 9.26 Å². The number of hydrogen-bond donors (Lipinski definition) is 1. The molecule has 0 heterocycles. The zero-order valence-electron chi connectivity index (χ0n) is 12.5. The highest BCUT2D eigenvalue weighted by molar-refractivity contribution is 7.56. The summed E-state index contributed by atoms with van der Waals surface area (Å²) in [6.07, 6.45) is -0.227. The molecule has 1 aromatic carbocycles. The number of nitrogens with one attached hydrogen (secondary N) is 1. The van der Waals surface area contributed by atoms with Crippen molar-refractivity contribution in [2.24, 2.45) is 0 Å². The van der Waals surface area contributed by atoms with Crippen LogP contribution in [0.15, 0.2) is 30.3 Å². The molecule has 1 aromatic rings. The molecule has 0 saturated heterocycles. The minimum absolute atomic E-state index is 0.227. The van der Waals surface area contributed by atoms with Crippen LogP contribution in [0.3, 0.4) is 0 Å². The van der Waals surface area contributed by atoms with Crippen molar-refractivity contribution < 1.29 is 18.6 Å². The first-order valence-corrected chi connectivity index (χ1v) is 8.52. The van der Waals surface area contributed by atoms with Gasteiger partial charge in [-0.15, -0.1) is 0 Å². The molecule has 0 aliphatic rings. The molecular weight excluding hydrogens is 277 g/mol. The van der Waals surface area contributed by atoms with Crippen molar-refractivity contribution in [3.05, 3.63) is 30.3 Å². The molecule has 0 aliphatic carbocycles. The summed E-state index contributed by atoms with van der Waals surface area (Å²) in [6, 6.07) is 8.82. The summed E-state index contributed by atoms with van der Waals surface area (Å²) in [5, 5.41) is 2.75. The Balaban J connectivity index is 2.74. The van der Waals surface area contributed by atoms with Gasteiger partial charge in [-0.1, -0.05) is 18.2 Å². The van der Waals surface area contributed by atoms with E-state index in [0.717, 1.165) is 0 Å². The third-order valence-electron chi connectivity index (χ3n) is 2.36. The average molecular weight is 299 g/mol. The van der Waals surface area contributed by atoms with Gasteiger partial charge in [0.1, 0.15) is 11.3 Å².